The molecule has 0 radical (unpaired) electrons. The largest absolute Gasteiger partial charge is 0.208 e. The van der Waals surface area contributed by atoms with E-state index in [2.05, 4.69) is 176 Å². The zero-order chi connectivity index (χ0) is 37.3. The topological polar surface area (TPSA) is 38.7 Å². The smallest absolute Gasteiger partial charge is 0.164 e. The predicted octanol–water partition coefficient (Wildman–Crippen LogP) is 13.8. The highest BCUT2D eigenvalue weighted by atomic mass is 32.1. The zero-order valence-corrected chi connectivity index (χ0v) is 31.3. The Morgan fingerprint density at radius 3 is 1.52 bits per heavy atom. The predicted molar refractivity (Wildman–Crippen MR) is 235 cm³/mol. The molecule has 0 aliphatic heterocycles. The van der Waals surface area contributed by atoms with E-state index in [1.807, 2.05) is 24.3 Å². The summed E-state index contributed by atoms with van der Waals surface area (Å²) in [5, 5.41) is 2.36. The molecule has 0 atom stereocenters. The fourth-order valence-corrected chi connectivity index (χ4v) is 8.64. The second-order valence-electron chi connectivity index (χ2n) is 14.1. The van der Waals surface area contributed by atoms with E-state index >= 15 is 0 Å². The van der Waals surface area contributed by atoms with Crippen LogP contribution in [0.3, 0.4) is 0 Å². The molecule has 0 aliphatic carbocycles. The molecule has 0 saturated carbocycles. The minimum atomic E-state index is 0.647. The molecule has 0 bridgehead atoms. The summed E-state index contributed by atoms with van der Waals surface area (Å²) in [6, 6.07) is 70.9. The van der Waals surface area contributed by atoms with Gasteiger partial charge in [0.1, 0.15) is 0 Å². The number of hydrogen-bond donors (Lipinski definition) is 0. The average molecular weight is 734 g/mol. The highest BCUT2D eigenvalue weighted by Crippen LogP contribution is 2.42. The number of nitrogens with zero attached hydrogens (tertiary/aromatic N) is 3. The first-order chi connectivity index (χ1) is 27.7. The minimum Gasteiger partial charge on any atom is -0.208 e. The molecular formula is C52H35N3S. The van der Waals surface area contributed by atoms with Crippen molar-refractivity contribution in [2.45, 2.75) is 6.42 Å². The van der Waals surface area contributed by atoms with Crippen molar-refractivity contribution >= 4 is 31.5 Å². The van der Waals surface area contributed by atoms with Crippen LogP contribution in [0.4, 0.5) is 0 Å². The lowest BCUT2D eigenvalue weighted by Gasteiger charge is -2.11. The molecule has 10 aromatic rings. The quantitative estimate of drug-likeness (QED) is 0.156. The van der Waals surface area contributed by atoms with Crippen molar-refractivity contribution in [3.63, 3.8) is 0 Å². The Balaban J connectivity index is 1.06. The molecule has 0 amide bonds. The van der Waals surface area contributed by atoms with Crippen molar-refractivity contribution in [2.75, 3.05) is 0 Å². The van der Waals surface area contributed by atoms with Gasteiger partial charge in [-0.25, -0.2) is 15.0 Å². The molecule has 264 valence electrons. The third-order valence-corrected chi connectivity index (χ3v) is 11.5. The van der Waals surface area contributed by atoms with E-state index in [4.69, 9.17) is 15.0 Å². The van der Waals surface area contributed by atoms with E-state index in [-0.39, 0.29) is 0 Å². The lowest BCUT2D eigenvalue weighted by Crippen LogP contribution is -2.00. The third-order valence-electron chi connectivity index (χ3n) is 10.4. The molecule has 4 heteroatoms. The molecule has 8 aromatic carbocycles. The Kier molecular flexibility index (Phi) is 8.79. The summed E-state index contributed by atoms with van der Waals surface area (Å²) in [5.41, 5.74) is 12.6. The van der Waals surface area contributed by atoms with Crippen LogP contribution < -0.4 is 0 Å². The minimum absolute atomic E-state index is 0.647. The van der Waals surface area contributed by atoms with Gasteiger partial charge in [-0.2, -0.15) is 0 Å². The van der Waals surface area contributed by atoms with Crippen LogP contribution in [-0.4, -0.2) is 15.0 Å². The highest BCUT2D eigenvalue weighted by Gasteiger charge is 2.18. The molecule has 56 heavy (non-hydrogen) atoms. The van der Waals surface area contributed by atoms with Crippen molar-refractivity contribution < 1.29 is 0 Å². The maximum Gasteiger partial charge on any atom is 0.164 e. The first-order valence-corrected chi connectivity index (χ1v) is 19.7. The SMILES string of the molecule is c1ccc(Cc2ccc(-c3cccc(-c4ccc5sc6cccc(-c7nc(-c8ccccc8)nc(-c8cccc(-c9ccccc9)c8)n7)c6c5c4)c3)cc2)cc1. The van der Waals surface area contributed by atoms with Crippen molar-refractivity contribution in [3.05, 3.63) is 211 Å². The second-order valence-corrected chi connectivity index (χ2v) is 15.1. The van der Waals surface area contributed by atoms with Gasteiger partial charge in [0.05, 0.1) is 0 Å². The van der Waals surface area contributed by atoms with Crippen LogP contribution in [0.1, 0.15) is 11.1 Å². The highest BCUT2D eigenvalue weighted by molar-refractivity contribution is 7.26. The van der Waals surface area contributed by atoms with Crippen LogP contribution in [-0.2, 0) is 6.42 Å². The van der Waals surface area contributed by atoms with Crippen LogP contribution in [0.15, 0.2) is 200 Å². The summed E-state index contributed by atoms with van der Waals surface area (Å²) in [6.07, 6.45) is 0.929. The van der Waals surface area contributed by atoms with Gasteiger partial charge in [0.25, 0.3) is 0 Å². The number of benzene rings is 8. The molecule has 0 N–H and O–H groups in total. The molecule has 0 fully saturated rings. The first kappa shape index (κ1) is 33.6. The van der Waals surface area contributed by atoms with Crippen LogP contribution in [0.25, 0.3) is 87.7 Å². The van der Waals surface area contributed by atoms with Crippen LogP contribution in [0.5, 0.6) is 0 Å². The summed E-state index contributed by atoms with van der Waals surface area (Å²) in [5.74, 6) is 1.96. The van der Waals surface area contributed by atoms with Crippen molar-refractivity contribution in [1.29, 1.82) is 0 Å². The Morgan fingerprint density at radius 1 is 0.321 bits per heavy atom. The monoisotopic (exact) mass is 733 g/mol. The van der Waals surface area contributed by atoms with Crippen molar-refractivity contribution in [2.24, 2.45) is 0 Å². The van der Waals surface area contributed by atoms with Gasteiger partial charge >= 0.3 is 0 Å². The van der Waals surface area contributed by atoms with Gasteiger partial charge < -0.3 is 0 Å². The van der Waals surface area contributed by atoms with E-state index in [9.17, 15) is 0 Å². The summed E-state index contributed by atoms with van der Waals surface area (Å²) in [7, 11) is 0. The Labute approximate surface area is 330 Å². The number of hydrogen-bond acceptors (Lipinski definition) is 4. The normalized spacial score (nSPS) is 11.3. The second kappa shape index (κ2) is 14.7. The van der Waals surface area contributed by atoms with Gasteiger partial charge in [-0.05, 0) is 81.3 Å². The number of aromatic nitrogens is 3. The zero-order valence-electron chi connectivity index (χ0n) is 30.5. The first-order valence-electron chi connectivity index (χ1n) is 18.9. The van der Waals surface area contributed by atoms with Crippen LogP contribution >= 0.6 is 11.3 Å². The molecular weight excluding hydrogens is 699 g/mol. The Bertz CT molecular complexity index is 2970. The number of thiophene rings is 1. The lowest BCUT2D eigenvalue weighted by molar-refractivity contribution is 1.08. The van der Waals surface area contributed by atoms with E-state index in [1.165, 1.54) is 48.2 Å². The Hall–Kier alpha value is -7.01. The lowest BCUT2D eigenvalue weighted by atomic mass is 9.96. The molecule has 0 saturated heterocycles. The maximum atomic E-state index is 5.21. The van der Waals surface area contributed by atoms with Crippen LogP contribution in [0, 0.1) is 0 Å². The molecule has 2 aromatic heterocycles. The summed E-state index contributed by atoms with van der Waals surface area (Å²) in [6.45, 7) is 0. The van der Waals surface area contributed by atoms with Gasteiger partial charge in [-0.3, -0.25) is 0 Å². The van der Waals surface area contributed by atoms with Gasteiger partial charge in [-0.1, -0.05) is 170 Å². The van der Waals surface area contributed by atoms with Gasteiger partial charge in [0, 0.05) is 36.9 Å². The molecule has 2 heterocycles. The maximum absolute atomic E-state index is 5.21. The summed E-state index contributed by atoms with van der Waals surface area (Å²) >= 11 is 1.81. The van der Waals surface area contributed by atoms with Gasteiger partial charge in [-0.15, -0.1) is 11.3 Å². The molecule has 0 unspecified atom stereocenters. The standard InChI is InChI=1S/C52H35N3S/c1-4-13-35(14-5-1)31-36-25-27-38(28-26-36)40-19-10-21-42(32-40)43-29-30-47-46(34-43)49-45(23-12-24-48(49)56-47)52-54-50(39-17-8-3-9-18-39)53-51(55-52)44-22-11-20-41(33-44)37-15-6-2-7-16-37/h1-30,32-34H,31H2. The molecule has 10 rings (SSSR count). The van der Waals surface area contributed by atoms with Gasteiger partial charge in [0.2, 0.25) is 0 Å². The fraction of sp³-hybridized carbons (Fsp3) is 0.0192. The van der Waals surface area contributed by atoms with E-state index in [0.29, 0.717) is 17.5 Å². The van der Waals surface area contributed by atoms with Crippen molar-refractivity contribution in [1.82, 2.24) is 15.0 Å². The Morgan fingerprint density at radius 2 is 0.804 bits per heavy atom. The molecule has 0 spiro atoms. The third kappa shape index (κ3) is 6.68. The summed E-state index contributed by atoms with van der Waals surface area (Å²) < 4.78 is 2.43. The van der Waals surface area contributed by atoms with E-state index < -0.39 is 0 Å². The van der Waals surface area contributed by atoms with E-state index in [0.717, 1.165) is 39.6 Å². The number of fused-ring (bicyclic) bond motifs is 3. The average Bonchev–Trinajstić information content (AvgIpc) is 3.66. The number of rotatable bonds is 8. The van der Waals surface area contributed by atoms with Crippen molar-refractivity contribution in [3.8, 4) is 67.5 Å². The van der Waals surface area contributed by atoms with Gasteiger partial charge in [0.15, 0.2) is 17.5 Å². The molecule has 0 aliphatic rings. The summed E-state index contributed by atoms with van der Waals surface area (Å²) in [4.78, 5) is 15.4. The van der Waals surface area contributed by atoms with Crippen LogP contribution in [0.2, 0.25) is 0 Å². The fourth-order valence-electron chi connectivity index (χ4n) is 7.53. The van der Waals surface area contributed by atoms with E-state index in [1.54, 1.807) is 11.3 Å². The molecule has 3 nitrogen and oxygen atoms in total.